The minimum absolute atomic E-state index is 0.0323. The van der Waals surface area contributed by atoms with Crippen molar-refractivity contribution in [1.29, 1.82) is 0 Å². The molecule has 2 aliphatic rings. The van der Waals surface area contributed by atoms with Gasteiger partial charge in [-0.2, -0.15) is 5.10 Å². The van der Waals surface area contributed by atoms with E-state index in [1.807, 2.05) is 53.5 Å². The number of alkyl carbamates (subject to hydrolysis) is 1. The molecular formula is C26H27N3O3. The van der Waals surface area contributed by atoms with E-state index in [2.05, 4.69) is 34.7 Å². The molecule has 0 unspecified atom stereocenters. The summed E-state index contributed by atoms with van der Waals surface area (Å²) < 4.78 is 13.2. The van der Waals surface area contributed by atoms with Gasteiger partial charge in [0.05, 0.1) is 6.20 Å². The van der Waals surface area contributed by atoms with Crippen LogP contribution in [0.3, 0.4) is 0 Å². The molecule has 1 aromatic heterocycles. The third-order valence-electron chi connectivity index (χ3n) is 6.09. The molecule has 6 nitrogen and oxygen atoms in total. The van der Waals surface area contributed by atoms with Crippen LogP contribution in [0.2, 0.25) is 0 Å². The first-order valence-electron chi connectivity index (χ1n) is 11.2. The summed E-state index contributed by atoms with van der Waals surface area (Å²) in [5.41, 5.74) is 5.84. The molecule has 0 bridgehead atoms. The van der Waals surface area contributed by atoms with Crippen molar-refractivity contribution in [2.24, 2.45) is 0 Å². The SMILES string of the molecule is O=C(NCC=Cc1cnn([C@@H]2CCCCO2)c1)OCC1c2ccccc2-c2ccccc21. The van der Waals surface area contributed by atoms with Gasteiger partial charge in [-0.1, -0.05) is 60.7 Å². The molecule has 2 heterocycles. The van der Waals surface area contributed by atoms with Crippen molar-refractivity contribution in [3.8, 4) is 11.1 Å². The van der Waals surface area contributed by atoms with Gasteiger partial charge in [0.2, 0.25) is 0 Å². The molecule has 5 rings (SSSR count). The zero-order valence-electron chi connectivity index (χ0n) is 17.9. The molecule has 6 heteroatoms. The van der Waals surface area contributed by atoms with Crippen LogP contribution in [0.4, 0.5) is 4.79 Å². The minimum atomic E-state index is -0.414. The number of rotatable bonds is 6. The Balaban J connectivity index is 1.12. The molecule has 0 radical (unpaired) electrons. The summed E-state index contributed by atoms with van der Waals surface area (Å²) >= 11 is 0. The van der Waals surface area contributed by atoms with E-state index < -0.39 is 6.09 Å². The lowest BCUT2D eigenvalue weighted by atomic mass is 9.98. The second kappa shape index (κ2) is 9.40. The number of carbonyl (C=O) groups excluding carboxylic acids is 1. The van der Waals surface area contributed by atoms with Crippen molar-refractivity contribution in [2.45, 2.75) is 31.4 Å². The Morgan fingerprint density at radius 1 is 1.12 bits per heavy atom. The minimum Gasteiger partial charge on any atom is -0.449 e. The largest absolute Gasteiger partial charge is 0.449 e. The second-order valence-electron chi connectivity index (χ2n) is 8.18. The van der Waals surface area contributed by atoms with E-state index >= 15 is 0 Å². The molecule has 1 aliphatic heterocycles. The summed E-state index contributed by atoms with van der Waals surface area (Å²) in [6.45, 7) is 1.50. The topological polar surface area (TPSA) is 65.4 Å². The number of nitrogens with one attached hydrogen (secondary N) is 1. The highest BCUT2D eigenvalue weighted by Crippen LogP contribution is 2.44. The Morgan fingerprint density at radius 3 is 2.59 bits per heavy atom. The van der Waals surface area contributed by atoms with Gasteiger partial charge in [0.25, 0.3) is 0 Å². The number of fused-ring (bicyclic) bond motifs is 3. The molecule has 3 aromatic rings. The van der Waals surface area contributed by atoms with Crippen molar-refractivity contribution in [1.82, 2.24) is 15.1 Å². The number of hydrogen-bond donors (Lipinski definition) is 1. The average Bonchev–Trinajstić information content (AvgIpc) is 3.44. The third-order valence-corrected chi connectivity index (χ3v) is 6.09. The number of amides is 1. The lowest BCUT2D eigenvalue weighted by Crippen LogP contribution is -2.26. The molecule has 164 valence electrons. The first kappa shape index (κ1) is 20.5. The summed E-state index contributed by atoms with van der Waals surface area (Å²) in [5, 5.41) is 7.19. The van der Waals surface area contributed by atoms with E-state index in [1.54, 1.807) is 0 Å². The fourth-order valence-corrected chi connectivity index (χ4v) is 4.52. The Morgan fingerprint density at radius 2 is 1.88 bits per heavy atom. The Bertz CT molecular complexity index is 1070. The van der Waals surface area contributed by atoms with Gasteiger partial charge < -0.3 is 14.8 Å². The van der Waals surface area contributed by atoms with E-state index in [1.165, 1.54) is 28.7 Å². The number of hydrogen-bond acceptors (Lipinski definition) is 4. The van der Waals surface area contributed by atoms with Crippen LogP contribution in [0.1, 0.15) is 48.1 Å². The number of benzene rings is 2. The maximum atomic E-state index is 12.2. The van der Waals surface area contributed by atoms with Gasteiger partial charge in [0.1, 0.15) is 12.8 Å². The Hall–Kier alpha value is -3.38. The van der Waals surface area contributed by atoms with E-state index in [0.29, 0.717) is 13.2 Å². The summed E-state index contributed by atoms with van der Waals surface area (Å²) in [5.74, 6) is 0.0662. The standard InChI is InChI=1S/C26H27N3O3/c30-26(27-14-7-8-19-16-28-29(17-19)25-13-5-6-15-31-25)32-18-24-22-11-3-1-9-20(22)21-10-2-4-12-23(21)24/h1-4,7-12,16-17,24-25H,5-6,13-15,18H2,(H,27,30)/t25-/m0/s1. The fourth-order valence-electron chi connectivity index (χ4n) is 4.52. The first-order valence-corrected chi connectivity index (χ1v) is 11.2. The molecule has 1 aliphatic carbocycles. The van der Waals surface area contributed by atoms with Gasteiger partial charge in [-0.3, -0.25) is 0 Å². The van der Waals surface area contributed by atoms with Crippen molar-refractivity contribution < 1.29 is 14.3 Å². The van der Waals surface area contributed by atoms with Crippen molar-refractivity contribution >= 4 is 12.2 Å². The fraction of sp³-hybridized carbons (Fsp3) is 0.308. The summed E-state index contributed by atoms with van der Waals surface area (Å²) in [6.07, 6.45) is 10.5. The predicted octanol–water partition coefficient (Wildman–Crippen LogP) is 5.13. The highest BCUT2D eigenvalue weighted by Gasteiger charge is 2.28. The average molecular weight is 430 g/mol. The number of ether oxygens (including phenoxy) is 2. The number of aromatic nitrogens is 2. The molecule has 0 spiro atoms. The van der Waals surface area contributed by atoms with Crippen LogP contribution in [0, 0.1) is 0 Å². The molecule has 2 aromatic carbocycles. The van der Waals surface area contributed by atoms with Crippen LogP contribution < -0.4 is 5.32 Å². The highest BCUT2D eigenvalue weighted by atomic mass is 16.5. The number of nitrogens with zero attached hydrogens (tertiary/aromatic N) is 2. The zero-order chi connectivity index (χ0) is 21.8. The normalized spacial score (nSPS) is 17.8. The van der Waals surface area contributed by atoms with Crippen molar-refractivity contribution in [2.75, 3.05) is 19.8 Å². The van der Waals surface area contributed by atoms with E-state index in [-0.39, 0.29) is 12.1 Å². The predicted molar refractivity (Wildman–Crippen MR) is 123 cm³/mol. The summed E-state index contributed by atoms with van der Waals surface area (Å²) in [4.78, 5) is 12.2. The van der Waals surface area contributed by atoms with Crippen molar-refractivity contribution in [3.63, 3.8) is 0 Å². The van der Waals surface area contributed by atoms with E-state index in [9.17, 15) is 4.79 Å². The monoisotopic (exact) mass is 429 g/mol. The highest BCUT2D eigenvalue weighted by molar-refractivity contribution is 5.79. The van der Waals surface area contributed by atoms with Gasteiger partial charge in [0.15, 0.2) is 0 Å². The van der Waals surface area contributed by atoms with Gasteiger partial charge in [-0.05, 0) is 41.5 Å². The Kier molecular flexibility index (Phi) is 6.03. The summed E-state index contributed by atoms with van der Waals surface area (Å²) in [6, 6.07) is 16.6. The zero-order valence-corrected chi connectivity index (χ0v) is 17.9. The van der Waals surface area contributed by atoms with Crippen LogP contribution in [0.25, 0.3) is 17.2 Å². The smallest absolute Gasteiger partial charge is 0.407 e. The quantitative estimate of drug-likeness (QED) is 0.590. The van der Waals surface area contributed by atoms with Gasteiger partial charge in [0, 0.05) is 30.8 Å². The molecule has 0 saturated carbocycles. The third kappa shape index (κ3) is 4.32. The van der Waals surface area contributed by atoms with Crippen LogP contribution in [-0.2, 0) is 9.47 Å². The van der Waals surface area contributed by atoms with Crippen LogP contribution in [0.15, 0.2) is 67.0 Å². The number of carbonyl (C=O) groups is 1. The molecule has 1 amide bonds. The molecule has 1 fully saturated rings. The van der Waals surface area contributed by atoms with Gasteiger partial charge >= 0.3 is 6.09 Å². The van der Waals surface area contributed by atoms with Gasteiger partial charge in [-0.25, -0.2) is 9.48 Å². The van der Waals surface area contributed by atoms with Crippen LogP contribution in [0.5, 0.6) is 0 Å². The first-order chi connectivity index (χ1) is 15.8. The van der Waals surface area contributed by atoms with Crippen LogP contribution >= 0.6 is 0 Å². The maximum Gasteiger partial charge on any atom is 0.407 e. The summed E-state index contributed by atoms with van der Waals surface area (Å²) in [7, 11) is 0. The second-order valence-corrected chi connectivity index (χ2v) is 8.18. The molecule has 1 saturated heterocycles. The molecule has 32 heavy (non-hydrogen) atoms. The van der Waals surface area contributed by atoms with Crippen molar-refractivity contribution in [3.05, 3.63) is 83.7 Å². The molecule has 1 atom stereocenters. The maximum absolute atomic E-state index is 12.2. The van der Waals surface area contributed by atoms with E-state index in [0.717, 1.165) is 25.0 Å². The Labute approximate surface area is 187 Å². The molecule has 1 N–H and O–H groups in total. The lowest BCUT2D eigenvalue weighted by molar-refractivity contribution is -0.0394. The van der Waals surface area contributed by atoms with Crippen LogP contribution in [-0.4, -0.2) is 35.6 Å². The van der Waals surface area contributed by atoms with E-state index in [4.69, 9.17) is 9.47 Å². The molecular weight excluding hydrogens is 402 g/mol. The lowest BCUT2D eigenvalue weighted by Gasteiger charge is -2.22. The van der Waals surface area contributed by atoms with Gasteiger partial charge in [-0.15, -0.1) is 0 Å².